The number of anilines is 2. The van der Waals surface area contributed by atoms with Gasteiger partial charge >= 0.3 is 12.1 Å². The summed E-state index contributed by atoms with van der Waals surface area (Å²) in [6.45, 7) is 4.58. The number of rotatable bonds is 4. The average Bonchev–Trinajstić information content (AvgIpc) is 2.90. The lowest BCUT2D eigenvalue weighted by Gasteiger charge is -2.29. The summed E-state index contributed by atoms with van der Waals surface area (Å²) >= 11 is 5.39. The average molecular weight is 479 g/mol. The van der Waals surface area contributed by atoms with Crippen molar-refractivity contribution < 1.29 is 31.9 Å². The highest BCUT2D eigenvalue weighted by Gasteiger charge is 2.51. The molecular weight excluding hydrogens is 462 g/mol. The summed E-state index contributed by atoms with van der Waals surface area (Å²) < 4.78 is 59.7. The number of carbonyl (C=O) groups is 2. The van der Waals surface area contributed by atoms with E-state index in [9.17, 15) is 27.2 Å². The van der Waals surface area contributed by atoms with Gasteiger partial charge in [0.25, 0.3) is 5.91 Å². The smallest absolute Gasteiger partial charge is 0.417 e. The third kappa shape index (κ3) is 4.14. The minimum atomic E-state index is -4.83. The molecule has 0 bridgehead atoms. The molecule has 1 aliphatic heterocycles. The van der Waals surface area contributed by atoms with Crippen molar-refractivity contribution in [3.05, 3.63) is 58.9 Å². The van der Waals surface area contributed by atoms with E-state index < -0.39 is 40.5 Å². The van der Waals surface area contributed by atoms with Crippen LogP contribution in [0, 0.1) is 17.1 Å². The van der Waals surface area contributed by atoms with E-state index in [1.165, 1.54) is 43.0 Å². The molecule has 1 heterocycles. The number of halogens is 4. The highest BCUT2D eigenvalue weighted by atomic mass is 32.1. The Balaban J connectivity index is 2.07. The normalized spacial score (nSPS) is 15.6. The number of nitrogens with zero attached hydrogens (tertiary/aromatic N) is 3. The summed E-state index contributed by atoms with van der Waals surface area (Å²) in [7, 11) is 0. The van der Waals surface area contributed by atoms with Crippen LogP contribution in [0.1, 0.15) is 42.3 Å². The Bertz CT molecular complexity index is 1200. The number of hydrogen-bond acceptors (Lipinski definition) is 5. The summed E-state index contributed by atoms with van der Waals surface area (Å²) in [6, 6.07) is 7.83. The molecule has 11 heteroatoms. The largest absolute Gasteiger partial charge is 0.462 e. The first kappa shape index (κ1) is 24.1. The van der Waals surface area contributed by atoms with Gasteiger partial charge in [0.1, 0.15) is 11.4 Å². The maximum Gasteiger partial charge on any atom is 0.417 e. The lowest BCUT2D eigenvalue weighted by atomic mass is 10.0. The Morgan fingerprint density at radius 2 is 1.82 bits per heavy atom. The molecule has 0 aliphatic carbocycles. The van der Waals surface area contributed by atoms with Gasteiger partial charge in [-0.1, -0.05) is 0 Å². The predicted octanol–water partition coefficient (Wildman–Crippen LogP) is 4.81. The molecule has 1 amide bonds. The SMILES string of the molecule is CCOC(=O)c1ccc(N2C(=S)N(c3ccc(C#N)c(C(F)(F)F)c3)C(=O)C2(C)C)cc1F. The van der Waals surface area contributed by atoms with Gasteiger partial charge in [0.05, 0.1) is 35.1 Å². The molecule has 0 N–H and O–H groups in total. The fourth-order valence-corrected chi connectivity index (χ4v) is 4.00. The van der Waals surface area contributed by atoms with E-state index in [-0.39, 0.29) is 28.7 Å². The van der Waals surface area contributed by atoms with E-state index >= 15 is 0 Å². The van der Waals surface area contributed by atoms with E-state index in [0.717, 1.165) is 17.0 Å². The molecule has 3 rings (SSSR count). The predicted molar refractivity (Wildman–Crippen MR) is 115 cm³/mol. The van der Waals surface area contributed by atoms with Crippen LogP contribution in [0.2, 0.25) is 0 Å². The number of thiocarbonyl (C=S) groups is 1. The molecule has 172 valence electrons. The van der Waals surface area contributed by atoms with Gasteiger partial charge in [-0.05, 0) is 69.4 Å². The van der Waals surface area contributed by atoms with Crippen molar-refractivity contribution in [1.29, 1.82) is 5.26 Å². The van der Waals surface area contributed by atoms with Crippen LogP contribution in [0.15, 0.2) is 36.4 Å². The van der Waals surface area contributed by atoms with Crippen LogP contribution in [0.3, 0.4) is 0 Å². The number of carbonyl (C=O) groups excluding carboxylic acids is 2. The summed E-state index contributed by atoms with van der Waals surface area (Å²) in [5.41, 5.74) is -3.57. The van der Waals surface area contributed by atoms with Crippen LogP contribution in [-0.2, 0) is 15.7 Å². The monoisotopic (exact) mass is 479 g/mol. The van der Waals surface area contributed by atoms with Gasteiger partial charge < -0.3 is 9.64 Å². The third-order valence-corrected chi connectivity index (χ3v) is 5.43. The Morgan fingerprint density at radius 1 is 1.18 bits per heavy atom. The molecule has 2 aromatic carbocycles. The number of ether oxygens (including phenoxy) is 1. The lowest BCUT2D eigenvalue weighted by molar-refractivity contribution is -0.137. The second-order valence-corrected chi connectivity index (χ2v) is 7.91. The summed E-state index contributed by atoms with van der Waals surface area (Å²) in [5.74, 6) is -2.42. The molecule has 0 radical (unpaired) electrons. The number of benzene rings is 2. The van der Waals surface area contributed by atoms with Crippen molar-refractivity contribution in [3.8, 4) is 6.07 Å². The first-order valence-electron chi connectivity index (χ1n) is 9.61. The fraction of sp³-hybridized carbons (Fsp3) is 0.273. The zero-order chi connectivity index (χ0) is 24.7. The molecule has 0 unspecified atom stereocenters. The number of nitriles is 1. The maximum absolute atomic E-state index is 14.6. The standard InChI is InChI=1S/C22H17F4N3O3S/c1-4-32-18(30)15-8-7-14(10-17(15)23)29-20(33)28(19(31)21(29,2)3)13-6-5-12(11-27)16(9-13)22(24,25)26/h5-10H,4H2,1-3H3. The van der Waals surface area contributed by atoms with Crippen LogP contribution in [0.25, 0.3) is 0 Å². The first-order chi connectivity index (χ1) is 15.3. The van der Waals surface area contributed by atoms with Gasteiger partial charge in [0.15, 0.2) is 5.11 Å². The van der Waals surface area contributed by atoms with Crippen molar-refractivity contribution >= 4 is 40.6 Å². The third-order valence-electron chi connectivity index (χ3n) is 5.06. The van der Waals surface area contributed by atoms with E-state index in [0.29, 0.717) is 6.07 Å². The zero-order valence-electron chi connectivity index (χ0n) is 17.7. The highest BCUT2D eigenvalue weighted by molar-refractivity contribution is 7.81. The Morgan fingerprint density at radius 3 is 2.36 bits per heavy atom. The Labute approximate surface area is 192 Å². The van der Waals surface area contributed by atoms with Crippen molar-refractivity contribution in [2.75, 3.05) is 16.4 Å². The Hall–Kier alpha value is -3.52. The summed E-state index contributed by atoms with van der Waals surface area (Å²) in [6.07, 6.45) is -4.83. The summed E-state index contributed by atoms with van der Waals surface area (Å²) in [4.78, 5) is 27.2. The summed E-state index contributed by atoms with van der Waals surface area (Å²) in [5, 5.41) is 8.82. The quantitative estimate of drug-likeness (QED) is 0.356. The van der Waals surface area contributed by atoms with Gasteiger partial charge in [-0.25, -0.2) is 9.18 Å². The van der Waals surface area contributed by atoms with Gasteiger partial charge in [0.2, 0.25) is 0 Å². The molecule has 0 spiro atoms. The van der Waals surface area contributed by atoms with Gasteiger partial charge in [0, 0.05) is 5.69 Å². The second-order valence-electron chi connectivity index (χ2n) is 7.54. The number of amides is 1. The number of hydrogen-bond donors (Lipinski definition) is 0. The minimum Gasteiger partial charge on any atom is -0.462 e. The van der Waals surface area contributed by atoms with Crippen molar-refractivity contribution in [1.82, 2.24) is 0 Å². The van der Waals surface area contributed by atoms with E-state index in [4.69, 9.17) is 22.2 Å². The van der Waals surface area contributed by atoms with Gasteiger partial charge in [-0.3, -0.25) is 9.69 Å². The number of esters is 1. The second kappa shape index (κ2) is 8.44. The topological polar surface area (TPSA) is 73.6 Å². The number of alkyl halides is 3. The van der Waals surface area contributed by atoms with Crippen molar-refractivity contribution in [2.45, 2.75) is 32.5 Å². The van der Waals surface area contributed by atoms with Crippen molar-refractivity contribution in [3.63, 3.8) is 0 Å². The molecule has 0 atom stereocenters. The van der Waals surface area contributed by atoms with Crippen molar-refractivity contribution in [2.24, 2.45) is 0 Å². The van der Waals surface area contributed by atoms with Crippen LogP contribution in [0.5, 0.6) is 0 Å². The van der Waals surface area contributed by atoms with E-state index in [1.807, 2.05) is 0 Å². The zero-order valence-corrected chi connectivity index (χ0v) is 18.5. The molecule has 33 heavy (non-hydrogen) atoms. The lowest BCUT2D eigenvalue weighted by Crippen LogP contribution is -2.44. The molecular formula is C22H17F4N3O3S. The highest BCUT2D eigenvalue weighted by Crippen LogP contribution is 2.39. The first-order valence-corrected chi connectivity index (χ1v) is 10.0. The van der Waals surface area contributed by atoms with E-state index in [1.54, 1.807) is 6.92 Å². The fourth-order valence-electron chi connectivity index (χ4n) is 3.48. The molecule has 0 saturated carbocycles. The van der Waals surface area contributed by atoms with Crippen LogP contribution in [0.4, 0.5) is 28.9 Å². The van der Waals surface area contributed by atoms with Crippen LogP contribution >= 0.6 is 12.2 Å². The Kier molecular flexibility index (Phi) is 6.17. The molecule has 0 aromatic heterocycles. The molecule has 1 saturated heterocycles. The molecule has 1 aliphatic rings. The van der Waals surface area contributed by atoms with Crippen LogP contribution in [-0.4, -0.2) is 29.1 Å². The minimum absolute atomic E-state index is 0.0528. The van der Waals surface area contributed by atoms with Crippen LogP contribution < -0.4 is 9.80 Å². The van der Waals surface area contributed by atoms with Gasteiger partial charge in [-0.2, -0.15) is 18.4 Å². The van der Waals surface area contributed by atoms with Gasteiger partial charge in [-0.15, -0.1) is 0 Å². The molecule has 2 aromatic rings. The molecule has 1 fully saturated rings. The maximum atomic E-state index is 14.6. The van der Waals surface area contributed by atoms with E-state index in [2.05, 4.69) is 0 Å². The molecule has 6 nitrogen and oxygen atoms in total.